The molecule has 0 radical (unpaired) electrons. The highest BCUT2D eigenvalue weighted by Gasteiger charge is 2.34. The summed E-state index contributed by atoms with van der Waals surface area (Å²) in [5.74, 6) is 0.263. The summed E-state index contributed by atoms with van der Waals surface area (Å²) in [6.07, 6.45) is 0. The molecule has 0 fully saturated rings. The van der Waals surface area contributed by atoms with Gasteiger partial charge in [-0.25, -0.2) is 4.68 Å². The summed E-state index contributed by atoms with van der Waals surface area (Å²) in [7, 11) is 3.08. The van der Waals surface area contributed by atoms with Crippen LogP contribution in [0.4, 0.5) is 5.69 Å². The van der Waals surface area contributed by atoms with E-state index >= 15 is 0 Å². The van der Waals surface area contributed by atoms with Crippen molar-refractivity contribution in [2.45, 2.75) is 26.1 Å². The zero-order valence-electron chi connectivity index (χ0n) is 23.2. The molecule has 0 aliphatic rings. The second-order valence-electron chi connectivity index (χ2n) is 9.59. The number of amides is 2. The topological polar surface area (TPSA) is 98.6 Å². The quantitative estimate of drug-likeness (QED) is 0.268. The van der Waals surface area contributed by atoms with E-state index < -0.39 is 6.04 Å². The van der Waals surface area contributed by atoms with Gasteiger partial charge in [0.25, 0.3) is 0 Å². The molecule has 2 amide bonds. The van der Waals surface area contributed by atoms with E-state index in [1.165, 1.54) is 23.8 Å². The lowest BCUT2D eigenvalue weighted by Crippen LogP contribution is -2.45. The molecule has 1 atom stereocenters. The zero-order valence-corrected chi connectivity index (χ0v) is 23.2. The van der Waals surface area contributed by atoms with Crippen LogP contribution in [0.15, 0.2) is 97.1 Å². The van der Waals surface area contributed by atoms with Crippen molar-refractivity contribution in [3.8, 4) is 11.5 Å². The number of hydrogen-bond acceptors (Lipinski definition) is 6. The number of rotatable bonds is 10. The Kier molecular flexibility index (Phi) is 8.24. The minimum Gasteiger partial charge on any atom is -0.497 e. The molecule has 0 saturated carbocycles. The number of benzene rings is 4. The van der Waals surface area contributed by atoms with Gasteiger partial charge in [0.2, 0.25) is 11.8 Å². The number of methoxy groups -OCH3 is 2. The van der Waals surface area contributed by atoms with E-state index in [0.717, 1.165) is 11.1 Å². The lowest BCUT2D eigenvalue weighted by atomic mass is 10.0. The van der Waals surface area contributed by atoms with Gasteiger partial charge in [0.1, 0.15) is 29.6 Å². The van der Waals surface area contributed by atoms with Gasteiger partial charge in [-0.3, -0.25) is 14.5 Å². The number of para-hydroxylation sites is 1. The normalized spacial score (nSPS) is 11.6. The molecule has 5 aromatic rings. The minimum atomic E-state index is -1.00. The molecule has 0 saturated heterocycles. The van der Waals surface area contributed by atoms with Crippen LogP contribution in [0.25, 0.3) is 11.0 Å². The molecule has 4 aromatic carbocycles. The maximum absolute atomic E-state index is 14.3. The summed E-state index contributed by atoms with van der Waals surface area (Å²) in [5, 5.41) is 11.4. The van der Waals surface area contributed by atoms with Crippen molar-refractivity contribution < 1.29 is 19.1 Å². The van der Waals surface area contributed by atoms with Crippen LogP contribution in [-0.4, -0.2) is 41.0 Å². The van der Waals surface area contributed by atoms with E-state index in [4.69, 9.17) is 9.47 Å². The van der Waals surface area contributed by atoms with E-state index in [9.17, 15) is 9.59 Å². The van der Waals surface area contributed by atoms with Crippen LogP contribution in [0.2, 0.25) is 0 Å². The van der Waals surface area contributed by atoms with Crippen molar-refractivity contribution in [3.05, 3.63) is 114 Å². The van der Waals surface area contributed by atoms with Crippen molar-refractivity contribution in [1.82, 2.24) is 20.3 Å². The molecule has 208 valence electrons. The minimum absolute atomic E-state index is 0.144. The van der Waals surface area contributed by atoms with Crippen molar-refractivity contribution in [1.29, 1.82) is 0 Å². The van der Waals surface area contributed by atoms with E-state index in [-0.39, 0.29) is 18.4 Å². The Labute approximate surface area is 238 Å². The van der Waals surface area contributed by atoms with Gasteiger partial charge in [-0.05, 0) is 30.2 Å². The lowest BCUT2D eigenvalue weighted by molar-refractivity contribution is -0.127. The Morgan fingerprint density at radius 2 is 1.54 bits per heavy atom. The largest absolute Gasteiger partial charge is 0.497 e. The number of ether oxygens (including phenoxy) is 2. The molecule has 9 heteroatoms. The van der Waals surface area contributed by atoms with Gasteiger partial charge in [0, 0.05) is 24.7 Å². The van der Waals surface area contributed by atoms with Gasteiger partial charge in [0.15, 0.2) is 0 Å². The first-order chi connectivity index (χ1) is 20.0. The average Bonchev–Trinajstić information content (AvgIpc) is 3.41. The van der Waals surface area contributed by atoms with Crippen molar-refractivity contribution in [3.63, 3.8) is 0 Å². The predicted molar refractivity (Wildman–Crippen MR) is 157 cm³/mol. The van der Waals surface area contributed by atoms with E-state index in [2.05, 4.69) is 15.6 Å². The van der Waals surface area contributed by atoms with Gasteiger partial charge >= 0.3 is 0 Å². The van der Waals surface area contributed by atoms with Gasteiger partial charge in [0.05, 0.1) is 25.4 Å². The number of nitrogens with zero attached hydrogens (tertiary/aromatic N) is 4. The summed E-state index contributed by atoms with van der Waals surface area (Å²) >= 11 is 0. The maximum atomic E-state index is 14.3. The maximum Gasteiger partial charge on any atom is 0.249 e. The van der Waals surface area contributed by atoms with Crippen molar-refractivity contribution in [2.75, 3.05) is 19.1 Å². The predicted octanol–water partition coefficient (Wildman–Crippen LogP) is 4.85. The first-order valence-electron chi connectivity index (χ1n) is 13.2. The van der Waals surface area contributed by atoms with E-state index in [0.29, 0.717) is 40.3 Å². The fourth-order valence-electron chi connectivity index (χ4n) is 4.66. The van der Waals surface area contributed by atoms with E-state index in [1.807, 2.05) is 85.8 Å². The molecule has 0 unspecified atom stereocenters. The Hall–Kier alpha value is -5.18. The third kappa shape index (κ3) is 6.19. The third-order valence-electron chi connectivity index (χ3n) is 6.80. The Balaban J connectivity index is 1.60. The average molecular weight is 550 g/mol. The monoisotopic (exact) mass is 549 g/mol. The number of aryl methyl sites for hydroxylation is 1. The van der Waals surface area contributed by atoms with Crippen LogP contribution >= 0.6 is 0 Å². The molecular weight excluding hydrogens is 518 g/mol. The number of nitrogens with one attached hydrogen (secondary N) is 1. The Morgan fingerprint density at radius 3 is 2.22 bits per heavy atom. The molecule has 1 aromatic heterocycles. The van der Waals surface area contributed by atoms with Crippen LogP contribution in [0, 0.1) is 6.92 Å². The molecule has 0 aliphatic heterocycles. The molecule has 1 N–H and O–H groups in total. The van der Waals surface area contributed by atoms with E-state index in [1.54, 1.807) is 18.2 Å². The van der Waals surface area contributed by atoms with Crippen molar-refractivity contribution in [2.24, 2.45) is 0 Å². The Morgan fingerprint density at radius 1 is 0.878 bits per heavy atom. The molecule has 5 rings (SSSR count). The fraction of sp³-hybridized carbons (Fsp3) is 0.188. The molecular formula is C32H31N5O4. The number of carbonyl (C=O) groups is 2. The summed E-state index contributed by atoms with van der Waals surface area (Å²) in [6, 6.07) is 28.8. The SMILES string of the molecule is COc1cc(OC)cc(N(C(=O)Cn2nnc3ccccc32)[C@H](C(=O)NCc2ccccc2)c2ccc(C)cc2)c1. The highest BCUT2D eigenvalue weighted by molar-refractivity contribution is 6.02. The van der Waals surface area contributed by atoms with Crippen LogP contribution in [0.1, 0.15) is 22.7 Å². The zero-order chi connectivity index (χ0) is 28.8. The van der Waals surface area contributed by atoms with Crippen molar-refractivity contribution >= 4 is 28.5 Å². The smallest absolute Gasteiger partial charge is 0.249 e. The second-order valence-corrected chi connectivity index (χ2v) is 9.59. The second kappa shape index (κ2) is 12.3. The number of aromatic nitrogens is 3. The third-order valence-corrected chi connectivity index (χ3v) is 6.80. The Bertz CT molecular complexity index is 1630. The molecule has 1 heterocycles. The number of anilines is 1. The standard InChI is InChI=1S/C32H31N5O4/c1-22-13-15-24(16-14-22)31(32(39)33-20-23-9-5-4-6-10-23)37(25-17-26(40-2)19-27(18-25)41-3)30(38)21-36-29-12-8-7-11-28(29)34-35-36/h4-19,31H,20-21H2,1-3H3,(H,33,39)/t31-/m0/s1. The lowest BCUT2D eigenvalue weighted by Gasteiger charge is -2.32. The highest BCUT2D eigenvalue weighted by Crippen LogP contribution is 2.34. The summed E-state index contributed by atoms with van der Waals surface area (Å²) < 4.78 is 12.6. The summed E-state index contributed by atoms with van der Waals surface area (Å²) in [6.45, 7) is 2.13. The van der Waals surface area contributed by atoms with Crippen LogP contribution in [0.3, 0.4) is 0 Å². The van der Waals surface area contributed by atoms with Gasteiger partial charge in [-0.1, -0.05) is 77.5 Å². The van der Waals surface area contributed by atoms with Crippen LogP contribution < -0.4 is 19.7 Å². The number of carbonyl (C=O) groups excluding carboxylic acids is 2. The number of hydrogen-bond donors (Lipinski definition) is 1. The number of fused-ring (bicyclic) bond motifs is 1. The summed E-state index contributed by atoms with van der Waals surface area (Å²) in [4.78, 5) is 29.8. The molecule has 0 bridgehead atoms. The molecule has 9 nitrogen and oxygen atoms in total. The first-order valence-corrected chi connectivity index (χ1v) is 13.2. The summed E-state index contributed by atoms with van der Waals surface area (Å²) in [5.41, 5.74) is 4.46. The molecule has 41 heavy (non-hydrogen) atoms. The van der Waals surface area contributed by atoms with Gasteiger partial charge in [-0.15, -0.1) is 5.10 Å². The van der Waals surface area contributed by atoms with Gasteiger partial charge in [-0.2, -0.15) is 0 Å². The van der Waals surface area contributed by atoms with Gasteiger partial charge < -0.3 is 14.8 Å². The fourth-order valence-corrected chi connectivity index (χ4v) is 4.66. The van der Waals surface area contributed by atoms with Crippen LogP contribution in [0.5, 0.6) is 11.5 Å². The molecule has 0 aliphatic carbocycles. The molecule has 0 spiro atoms. The highest BCUT2D eigenvalue weighted by atomic mass is 16.5. The first kappa shape index (κ1) is 27.4. The van der Waals surface area contributed by atoms with Crippen LogP contribution in [-0.2, 0) is 22.7 Å².